The maximum atomic E-state index is 11.9. The smallest absolute Gasteiger partial charge is 0.338 e. The molecule has 0 N–H and O–H groups in total. The van der Waals surface area contributed by atoms with E-state index >= 15 is 0 Å². The molecule has 0 aromatic heterocycles. The molecule has 0 saturated carbocycles. The average molecular weight is 431 g/mol. The largest absolute Gasteiger partial charge is 0.493 e. The molecule has 0 spiro atoms. The van der Waals surface area contributed by atoms with Crippen molar-refractivity contribution < 1.29 is 14.3 Å². The van der Waals surface area contributed by atoms with Crippen LogP contribution in [0.2, 0.25) is 0 Å². The number of hydrogen-bond acceptors (Lipinski definition) is 3. The molecule has 3 rings (SSSR count). The molecule has 168 valence electrons. The number of ether oxygens (including phenoxy) is 2. The van der Waals surface area contributed by atoms with Gasteiger partial charge in [-0.3, -0.25) is 0 Å². The molecule has 0 unspecified atom stereocenters. The Morgan fingerprint density at radius 2 is 1.09 bits per heavy atom. The Balaban J connectivity index is 1.18. The first kappa shape index (κ1) is 23.6. The number of esters is 1. The van der Waals surface area contributed by atoms with Crippen LogP contribution in [0, 0.1) is 0 Å². The maximum Gasteiger partial charge on any atom is 0.338 e. The monoisotopic (exact) mass is 430 g/mol. The Kier molecular flexibility index (Phi) is 10.4. The van der Waals surface area contributed by atoms with Crippen LogP contribution in [0.3, 0.4) is 0 Å². The van der Waals surface area contributed by atoms with Crippen LogP contribution in [0.1, 0.15) is 61.7 Å². The van der Waals surface area contributed by atoms with Crippen molar-refractivity contribution in [2.24, 2.45) is 0 Å². The van der Waals surface area contributed by atoms with E-state index in [0.717, 1.165) is 37.2 Å². The number of rotatable bonds is 14. The van der Waals surface area contributed by atoms with Crippen molar-refractivity contribution >= 4 is 5.97 Å². The van der Waals surface area contributed by atoms with Gasteiger partial charge in [0.25, 0.3) is 0 Å². The van der Waals surface area contributed by atoms with Gasteiger partial charge >= 0.3 is 5.97 Å². The van der Waals surface area contributed by atoms with Crippen molar-refractivity contribution in [1.29, 1.82) is 0 Å². The first-order valence-electron chi connectivity index (χ1n) is 11.8. The normalized spacial score (nSPS) is 10.6. The molecule has 0 amide bonds. The fourth-order valence-corrected chi connectivity index (χ4v) is 3.72. The van der Waals surface area contributed by atoms with E-state index in [-0.39, 0.29) is 5.97 Å². The lowest BCUT2D eigenvalue weighted by molar-refractivity contribution is 0.0497. The zero-order chi connectivity index (χ0) is 22.3. The van der Waals surface area contributed by atoms with Gasteiger partial charge in [-0.05, 0) is 36.6 Å². The fraction of sp³-hybridized carbons (Fsp3) is 0.345. The van der Waals surface area contributed by atoms with E-state index in [1.807, 2.05) is 30.3 Å². The zero-order valence-electron chi connectivity index (χ0n) is 18.9. The van der Waals surface area contributed by atoms with Crippen LogP contribution < -0.4 is 4.74 Å². The second kappa shape index (κ2) is 14.1. The van der Waals surface area contributed by atoms with Gasteiger partial charge in [0.2, 0.25) is 0 Å². The number of unbranched alkanes of at least 4 members (excludes halogenated alkanes) is 7. The SMILES string of the molecule is O=C(OCCCCCCCCCCOc1ccccc1-c1ccccc1)c1ccccc1. The molecule has 32 heavy (non-hydrogen) atoms. The summed E-state index contributed by atoms with van der Waals surface area (Å²) in [6.07, 6.45) is 9.26. The summed E-state index contributed by atoms with van der Waals surface area (Å²) in [7, 11) is 0. The highest BCUT2D eigenvalue weighted by molar-refractivity contribution is 5.89. The summed E-state index contributed by atoms with van der Waals surface area (Å²) in [5.74, 6) is 0.742. The standard InChI is InChI=1S/C29H34O3/c30-29(26-19-11-8-12-20-26)32-24-16-6-4-2-1-3-5-15-23-31-28-22-14-13-21-27(28)25-17-9-7-10-18-25/h7-14,17-22H,1-6,15-16,23-24H2. The summed E-state index contributed by atoms with van der Waals surface area (Å²) >= 11 is 0. The van der Waals surface area contributed by atoms with Gasteiger partial charge in [0.15, 0.2) is 0 Å². The third-order valence-electron chi connectivity index (χ3n) is 5.51. The lowest BCUT2D eigenvalue weighted by Gasteiger charge is -2.11. The van der Waals surface area contributed by atoms with Crippen molar-refractivity contribution in [2.45, 2.75) is 51.4 Å². The predicted molar refractivity (Wildman–Crippen MR) is 131 cm³/mol. The van der Waals surface area contributed by atoms with E-state index in [2.05, 4.69) is 42.5 Å². The first-order valence-corrected chi connectivity index (χ1v) is 11.8. The minimum absolute atomic E-state index is 0.223. The van der Waals surface area contributed by atoms with Crippen molar-refractivity contribution in [2.75, 3.05) is 13.2 Å². The van der Waals surface area contributed by atoms with Gasteiger partial charge in [-0.15, -0.1) is 0 Å². The second-order valence-electron chi connectivity index (χ2n) is 8.04. The van der Waals surface area contributed by atoms with E-state index in [9.17, 15) is 4.79 Å². The lowest BCUT2D eigenvalue weighted by atomic mass is 10.0. The number of carbonyl (C=O) groups excluding carboxylic acids is 1. The Morgan fingerprint density at radius 1 is 0.562 bits per heavy atom. The third kappa shape index (κ3) is 8.22. The van der Waals surface area contributed by atoms with E-state index in [1.165, 1.54) is 37.7 Å². The minimum Gasteiger partial charge on any atom is -0.493 e. The highest BCUT2D eigenvalue weighted by Crippen LogP contribution is 2.29. The summed E-state index contributed by atoms with van der Waals surface area (Å²) in [5, 5.41) is 0. The van der Waals surface area contributed by atoms with E-state index in [0.29, 0.717) is 12.2 Å². The van der Waals surface area contributed by atoms with Gasteiger partial charge in [0, 0.05) is 5.56 Å². The van der Waals surface area contributed by atoms with Crippen LogP contribution in [0.15, 0.2) is 84.9 Å². The summed E-state index contributed by atoms with van der Waals surface area (Å²) in [5.41, 5.74) is 2.97. The molecule has 0 heterocycles. The quantitative estimate of drug-likeness (QED) is 0.194. The molecule has 0 atom stereocenters. The molecular weight excluding hydrogens is 396 g/mol. The molecule has 0 aliphatic heterocycles. The maximum absolute atomic E-state index is 11.9. The number of para-hydroxylation sites is 1. The zero-order valence-corrected chi connectivity index (χ0v) is 18.9. The fourth-order valence-electron chi connectivity index (χ4n) is 3.72. The molecule has 0 aliphatic carbocycles. The van der Waals surface area contributed by atoms with Crippen LogP contribution in [-0.4, -0.2) is 19.2 Å². The van der Waals surface area contributed by atoms with Crippen LogP contribution in [0.25, 0.3) is 11.1 Å². The molecule has 3 aromatic rings. The van der Waals surface area contributed by atoms with Gasteiger partial charge in [0.05, 0.1) is 18.8 Å². The van der Waals surface area contributed by atoms with Crippen LogP contribution >= 0.6 is 0 Å². The number of carbonyl (C=O) groups is 1. The van der Waals surface area contributed by atoms with E-state index < -0.39 is 0 Å². The van der Waals surface area contributed by atoms with Gasteiger partial charge in [-0.2, -0.15) is 0 Å². The molecule has 0 fully saturated rings. The highest BCUT2D eigenvalue weighted by atomic mass is 16.5. The van der Waals surface area contributed by atoms with Crippen molar-refractivity contribution in [3.8, 4) is 16.9 Å². The van der Waals surface area contributed by atoms with Gasteiger partial charge in [0.1, 0.15) is 5.75 Å². The van der Waals surface area contributed by atoms with Gasteiger partial charge < -0.3 is 9.47 Å². The molecular formula is C29H34O3. The summed E-state index contributed by atoms with van der Waals surface area (Å²) in [6, 6.07) is 27.8. The second-order valence-corrected chi connectivity index (χ2v) is 8.04. The van der Waals surface area contributed by atoms with Crippen LogP contribution in [0.4, 0.5) is 0 Å². The van der Waals surface area contributed by atoms with Crippen LogP contribution in [0.5, 0.6) is 5.75 Å². The van der Waals surface area contributed by atoms with Gasteiger partial charge in [-0.25, -0.2) is 4.79 Å². The predicted octanol–water partition coefficient (Wildman–Crippen LogP) is 7.71. The summed E-state index contributed by atoms with van der Waals surface area (Å²) < 4.78 is 11.4. The summed E-state index contributed by atoms with van der Waals surface area (Å²) in [6.45, 7) is 1.27. The summed E-state index contributed by atoms with van der Waals surface area (Å²) in [4.78, 5) is 11.9. The number of hydrogen-bond donors (Lipinski definition) is 0. The average Bonchev–Trinajstić information content (AvgIpc) is 2.86. The first-order chi connectivity index (χ1) is 15.8. The lowest BCUT2D eigenvalue weighted by Crippen LogP contribution is -2.06. The van der Waals surface area contributed by atoms with Crippen molar-refractivity contribution in [1.82, 2.24) is 0 Å². The molecule has 3 nitrogen and oxygen atoms in total. The number of benzene rings is 3. The van der Waals surface area contributed by atoms with Gasteiger partial charge in [-0.1, -0.05) is 105 Å². The minimum atomic E-state index is -0.223. The topological polar surface area (TPSA) is 35.5 Å². The molecule has 0 aliphatic rings. The molecule has 3 aromatic carbocycles. The Morgan fingerprint density at radius 3 is 1.78 bits per heavy atom. The molecule has 0 saturated heterocycles. The Bertz CT molecular complexity index is 906. The van der Waals surface area contributed by atoms with Crippen molar-refractivity contribution in [3.63, 3.8) is 0 Å². The molecule has 0 bridgehead atoms. The van der Waals surface area contributed by atoms with Crippen LogP contribution in [-0.2, 0) is 4.74 Å². The Hall–Kier alpha value is -3.07. The Labute approximate surface area is 192 Å². The van der Waals surface area contributed by atoms with E-state index in [4.69, 9.17) is 9.47 Å². The van der Waals surface area contributed by atoms with Crippen molar-refractivity contribution in [3.05, 3.63) is 90.5 Å². The molecule has 3 heteroatoms. The van der Waals surface area contributed by atoms with E-state index in [1.54, 1.807) is 12.1 Å². The molecule has 0 radical (unpaired) electrons. The third-order valence-corrected chi connectivity index (χ3v) is 5.51. The highest BCUT2D eigenvalue weighted by Gasteiger charge is 2.06.